The normalized spacial score (nSPS) is 16.4. The van der Waals surface area contributed by atoms with Gasteiger partial charge in [-0.05, 0) is 25.3 Å². The molecule has 0 spiro atoms. The predicted molar refractivity (Wildman–Crippen MR) is 81.8 cm³/mol. The summed E-state index contributed by atoms with van der Waals surface area (Å²) in [6.45, 7) is 1.99. The molecule has 5 heteroatoms. The van der Waals surface area contributed by atoms with E-state index in [2.05, 4.69) is 22.6 Å². The first-order valence-corrected chi connectivity index (χ1v) is 7.25. The molecule has 0 bridgehead atoms. The molecule has 0 saturated heterocycles. The van der Waals surface area contributed by atoms with Crippen molar-refractivity contribution in [2.45, 2.75) is 38.6 Å². The fourth-order valence-corrected chi connectivity index (χ4v) is 2.24. The SMILES string of the molecule is C[C@@H](CCc1ccccc1)NC(=O)C1=NN(C)C(=O)CC1. The van der Waals surface area contributed by atoms with E-state index in [-0.39, 0.29) is 17.9 Å². The van der Waals surface area contributed by atoms with Crippen molar-refractivity contribution in [2.75, 3.05) is 7.05 Å². The highest BCUT2D eigenvalue weighted by Gasteiger charge is 2.22. The van der Waals surface area contributed by atoms with Crippen LogP contribution in [-0.2, 0) is 16.0 Å². The second-order valence-electron chi connectivity index (χ2n) is 5.36. The number of aryl methyl sites for hydroxylation is 1. The Bertz CT molecular complexity index is 540. The lowest BCUT2D eigenvalue weighted by atomic mass is 10.1. The monoisotopic (exact) mass is 287 g/mol. The molecule has 0 radical (unpaired) electrons. The molecule has 1 aromatic rings. The van der Waals surface area contributed by atoms with Crippen molar-refractivity contribution in [1.29, 1.82) is 0 Å². The number of benzene rings is 1. The minimum Gasteiger partial charge on any atom is -0.348 e. The number of hydrogen-bond donors (Lipinski definition) is 1. The number of amides is 2. The van der Waals surface area contributed by atoms with Gasteiger partial charge in [0.25, 0.3) is 5.91 Å². The molecule has 1 atom stereocenters. The molecule has 0 aliphatic carbocycles. The van der Waals surface area contributed by atoms with E-state index in [1.165, 1.54) is 10.6 Å². The van der Waals surface area contributed by atoms with Crippen LogP contribution in [0.15, 0.2) is 35.4 Å². The fourth-order valence-electron chi connectivity index (χ4n) is 2.24. The van der Waals surface area contributed by atoms with E-state index in [0.717, 1.165) is 12.8 Å². The summed E-state index contributed by atoms with van der Waals surface area (Å²) in [4.78, 5) is 23.4. The van der Waals surface area contributed by atoms with Gasteiger partial charge in [0.05, 0.1) is 0 Å². The molecule has 0 aromatic heterocycles. The van der Waals surface area contributed by atoms with Gasteiger partial charge in [-0.2, -0.15) is 5.10 Å². The first kappa shape index (κ1) is 15.2. The molecule has 0 saturated carbocycles. The van der Waals surface area contributed by atoms with Crippen LogP contribution in [0, 0.1) is 0 Å². The molecular formula is C16H21N3O2. The molecule has 1 heterocycles. The summed E-state index contributed by atoms with van der Waals surface area (Å²) in [6.07, 6.45) is 2.56. The first-order chi connectivity index (χ1) is 10.1. The summed E-state index contributed by atoms with van der Waals surface area (Å²) in [5.41, 5.74) is 1.70. The molecule has 112 valence electrons. The van der Waals surface area contributed by atoms with Crippen molar-refractivity contribution in [3.8, 4) is 0 Å². The van der Waals surface area contributed by atoms with Crippen LogP contribution in [0.5, 0.6) is 0 Å². The van der Waals surface area contributed by atoms with Crippen LogP contribution >= 0.6 is 0 Å². The topological polar surface area (TPSA) is 61.8 Å². The van der Waals surface area contributed by atoms with Crippen molar-refractivity contribution in [3.05, 3.63) is 35.9 Å². The fraction of sp³-hybridized carbons (Fsp3) is 0.438. The van der Waals surface area contributed by atoms with E-state index in [4.69, 9.17) is 0 Å². The number of hydrazone groups is 1. The Balaban J connectivity index is 1.82. The quantitative estimate of drug-likeness (QED) is 0.896. The lowest BCUT2D eigenvalue weighted by molar-refractivity contribution is -0.130. The molecule has 2 rings (SSSR count). The Kier molecular flexibility index (Phi) is 5.09. The Morgan fingerprint density at radius 3 is 2.71 bits per heavy atom. The minimum atomic E-state index is -0.171. The third-order valence-electron chi connectivity index (χ3n) is 3.56. The van der Waals surface area contributed by atoms with Gasteiger partial charge in [-0.3, -0.25) is 9.59 Å². The van der Waals surface area contributed by atoms with Gasteiger partial charge in [-0.25, -0.2) is 5.01 Å². The largest absolute Gasteiger partial charge is 0.348 e. The number of hydrogen-bond acceptors (Lipinski definition) is 3. The summed E-state index contributed by atoms with van der Waals surface area (Å²) in [5.74, 6) is -0.224. The van der Waals surface area contributed by atoms with Crippen molar-refractivity contribution in [1.82, 2.24) is 10.3 Å². The number of nitrogens with one attached hydrogen (secondary N) is 1. The maximum absolute atomic E-state index is 12.1. The van der Waals surface area contributed by atoms with Gasteiger partial charge in [0.2, 0.25) is 5.91 Å². The van der Waals surface area contributed by atoms with E-state index in [1.807, 2.05) is 25.1 Å². The lowest BCUT2D eigenvalue weighted by Gasteiger charge is -2.20. The Labute approximate surface area is 125 Å². The summed E-state index contributed by atoms with van der Waals surface area (Å²) >= 11 is 0. The molecule has 1 aliphatic rings. The van der Waals surface area contributed by atoms with E-state index in [1.54, 1.807) is 7.05 Å². The van der Waals surface area contributed by atoms with Gasteiger partial charge < -0.3 is 5.32 Å². The first-order valence-electron chi connectivity index (χ1n) is 7.25. The average molecular weight is 287 g/mol. The molecular weight excluding hydrogens is 266 g/mol. The third-order valence-corrected chi connectivity index (χ3v) is 3.56. The number of carbonyl (C=O) groups excluding carboxylic acids is 2. The summed E-state index contributed by atoms with van der Waals surface area (Å²) in [6, 6.07) is 10.3. The molecule has 0 unspecified atom stereocenters. The number of nitrogens with zero attached hydrogens (tertiary/aromatic N) is 2. The van der Waals surface area contributed by atoms with E-state index in [0.29, 0.717) is 18.6 Å². The van der Waals surface area contributed by atoms with E-state index >= 15 is 0 Å². The Hall–Kier alpha value is -2.17. The number of carbonyl (C=O) groups is 2. The smallest absolute Gasteiger partial charge is 0.267 e. The summed E-state index contributed by atoms with van der Waals surface area (Å²) in [5, 5.41) is 8.21. The Morgan fingerprint density at radius 2 is 2.05 bits per heavy atom. The molecule has 2 amide bonds. The highest BCUT2D eigenvalue weighted by molar-refractivity contribution is 6.39. The third kappa shape index (κ3) is 4.41. The standard InChI is InChI=1S/C16H21N3O2/c1-12(8-9-13-6-4-3-5-7-13)17-16(21)14-10-11-15(20)19(2)18-14/h3-7,12H,8-11H2,1-2H3,(H,17,21)/t12-/m0/s1. The van der Waals surface area contributed by atoms with Crippen LogP contribution in [0.3, 0.4) is 0 Å². The molecule has 1 N–H and O–H groups in total. The van der Waals surface area contributed by atoms with Crippen LogP contribution < -0.4 is 5.32 Å². The zero-order valence-electron chi connectivity index (χ0n) is 12.5. The van der Waals surface area contributed by atoms with Gasteiger partial charge in [0, 0.05) is 25.9 Å². The van der Waals surface area contributed by atoms with Crippen LogP contribution in [0.1, 0.15) is 31.7 Å². The van der Waals surface area contributed by atoms with Crippen molar-refractivity contribution >= 4 is 17.5 Å². The van der Waals surface area contributed by atoms with Crippen molar-refractivity contribution < 1.29 is 9.59 Å². The Morgan fingerprint density at radius 1 is 1.33 bits per heavy atom. The van der Waals surface area contributed by atoms with Gasteiger partial charge in [-0.15, -0.1) is 0 Å². The zero-order valence-corrected chi connectivity index (χ0v) is 12.5. The summed E-state index contributed by atoms with van der Waals surface area (Å²) in [7, 11) is 1.58. The van der Waals surface area contributed by atoms with E-state index < -0.39 is 0 Å². The second kappa shape index (κ2) is 7.02. The van der Waals surface area contributed by atoms with Crippen LogP contribution in [0.25, 0.3) is 0 Å². The molecule has 1 aromatic carbocycles. The highest BCUT2D eigenvalue weighted by atomic mass is 16.2. The van der Waals surface area contributed by atoms with Crippen molar-refractivity contribution in [3.63, 3.8) is 0 Å². The maximum Gasteiger partial charge on any atom is 0.267 e. The van der Waals surface area contributed by atoms with Gasteiger partial charge in [0.1, 0.15) is 5.71 Å². The maximum atomic E-state index is 12.1. The van der Waals surface area contributed by atoms with Crippen molar-refractivity contribution in [2.24, 2.45) is 5.10 Å². The van der Waals surface area contributed by atoms with E-state index in [9.17, 15) is 9.59 Å². The predicted octanol–water partition coefficient (Wildman–Crippen LogP) is 1.73. The lowest BCUT2D eigenvalue weighted by Crippen LogP contribution is -2.41. The molecule has 21 heavy (non-hydrogen) atoms. The second-order valence-corrected chi connectivity index (χ2v) is 5.36. The minimum absolute atomic E-state index is 0.0522. The number of rotatable bonds is 5. The van der Waals surface area contributed by atoms with Crippen LogP contribution in [-0.4, -0.2) is 35.6 Å². The molecule has 0 fully saturated rings. The van der Waals surface area contributed by atoms with Gasteiger partial charge >= 0.3 is 0 Å². The van der Waals surface area contributed by atoms with Crippen LogP contribution in [0.4, 0.5) is 0 Å². The van der Waals surface area contributed by atoms with Gasteiger partial charge in [0.15, 0.2) is 0 Å². The molecule has 1 aliphatic heterocycles. The van der Waals surface area contributed by atoms with Crippen LogP contribution in [0.2, 0.25) is 0 Å². The average Bonchev–Trinajstić information content (AvgIpc) is 2.49. The van der Waals surface area contributed by atoms with Gasteiger partial charge in [-0.1, -0.05) is 30.3 Å². The highest BCUT2D eigenvalue weighted by Crippen LogP contribution is 2.08. The molecule has 5 nitrogen and oxygen atoms in total. The zero-order chi connectivity index (χ0) is 15.2. The summed E-state index contributed by atoms with van der Waals surface area (Å²) < 4.78 is 0.